The molecule has 0 aliphatic carbocycles. The summed E-state index contributed by atoms with van der Waals surface area (Å²) in [4.78, 5) is 2.01. The van der Waals surface area contributed by atoms with E-state index in [1.54, 1.807) is 6.07 Å². The summed E-state index contributed by atoms with van der Waals surface area (Å²) in [6.45, 7) is -0.0211. The summed E-state index contributed by atoms with van der Waals surface area (Å²) < 4.78 is 22.3. The molecule has 164 valence electrons. The first-order valence-electron chi connectivity index (χ1n) is 9.43. The van der Waals surface area contributed by atoms with Gasteiger partial charge < -0.3 is 44.5 Å². The molecule has 3 rings (SSSR count). The highest BCUT2D eigenvalue weighted by Gasteiger charge is 2.45. The Bertz CT molecular complexity index is 713. The van der Waals surface area contributed by atoms with Crippen LogP contribution in [0.2, 0.25) is 0 Å². The molecule has 0 saturated carbocycles. The van der Waals surface area contributed by atoms with E-state index in [1.165, 1.54) is 14.2 Å². The van der Waals surface area contributed by atoms with Crippen LogP contribution in [0.4, 0.5) is 0 Å². The standard InChI is InChI=1S/C19H29NO9/c1-20-5-4-9-10(11(20)7-21)6-12(26-2)18(27-3)17(9)29-19-16(25)15(24)14(23)13(8-22)28-19/h6,11,13-16,19,21-25H,4-5,7-8H2,1-3H3/t11?,13-,14-,15+,16-,19+/m1/s1. The van der Waals surface area contributed by atoms with Crippen molar-refractivity contribution in [1.29, 1.82) is 0 Å². The Labute approximate surface area is 168 Å². The maximum Gasteiger partial charge on any atom is 0.229 e. The lowest BCUT2D eigenvalue weighted by molar-refractivity contribution is -0.277. The summed E-state index contributed by atoms with van der Waals surface area (Å²) in [6.07, 6.45) is -6.47. The molecule has 0 aromatic heterocycles. The van der Waals surface area contributed by atoms with E-state index in [1.807, 2.05) is 11.9 Å². The number of benzene rings is 1. The molecule has 5 N–H and O–H groups in total. The Hall–Kier alpha value is -1.66. The lowest BCUT2D eigenvalue weighted by Gasteiger charge is -2.41. The van der Waals surface area contributed by atoms with Gasteiger partial charge in [0.1, 0.15) is 24.4 Å². The Kier molecular flexibility index (Phi) is 6.84. The van der Waals surface area contributed by atoms with Gasteiger partial charge >= 0.3 is 0 Å². The average Bonchev–Trinajstić information content (AvgIpc) is 2.73. The van der Waals surface area contributed by atoms with Crippen LogP contribution < -0.4 is 14.2 Å². The Morgan fingerprint density at radius 3 is 2.34 bits per heavy atom. The van der Waals surface area contributed by atoms with Crippen LogP contribution in [0.25, 0.3) is 0 Å². The number of hydrogen-bond acceptors (Lipinski definition) is 10. The smallest absolute Gasteiger partial charge is 0.229 e. The Morgan fingerprint density at radius 1 is 1.03 bits per heavy atom. The van der Waals surface area contributed by atoms with Crippen LogP contribution in [-0.2, 0) is 11.2 Å². The van der Waals surface area contributed by atoms with Crippen LogP contribution in [0.3, 0.4) is 0 Å². The number of ether oxygens (including phenoxy) is 4. The molecule has 2 heterocycles. The monoisotopic (exact) mass is 415 g/mol. The first-order valence-corrected chi connectivity index (χ1v) is 9.43. The summed E-state index contributed by atoms with van der Waals surface area (Å²) in [6, 6.07) is 1.50. The number of aliphatic hydroxyl groups is 5. The molecule has 6 atom stereocenters. The van der Waals surface area contributed by atoms with Gasteiger partial charge in [-0.3, -0.25) is 4.90 Å². The van der Waals surface area contributed by atoms with Gasteiger partial charge in [-0.2, -0.15) is 0 Å². The van der Waals surface area contributed by atoms with Crippen molar-refractivity contribution in [3.05, 3.63) is 17.2 Å². The number of fused-ring (bicyclic) bond motifs is 1. The van der Waals surface area contributed by atoms with Crippen molar-refractivity contribution in [3.63, 3.8) is 0 Å². The molecule has 2 aliphatic rings. The highest BCUT2D eigenvalue weighted by Crippen LogP contribution is 2.47. The molecule has 10 nitrogen and oxygen atoms in total. The molecule has 1 fully saturated rings. The van der Waals surface area contributed by atoms with Gasteiger partial charge in [-0.05, 0) is 25.1 Å². The summed E-state index contributed by atoms with van der Waals surface area (Å²) in [5, 5.41) is 49.7. The molecule has 2 aliphatic heterocycles. The molecule has 0 amide bonds. The zero-order valence-electron chi connectivity index (χ0n) is 16.7. The first-order chi connectivity index (χ1) is 13.9. The zero-order valence-corrected chi connectivity index (χ0v) is 16.7. The third-order valence-corrected chi connectivity index (χ3v) is 5.62. The maximum absolute atomic E-state index is 10.4. The normalized spacial score (nSPS) is 32.6. The number of hydrogen-bond donors (Lipinski definition) is 5. The van der Waals surface area contributed by atoms with Gasteiger partial charge in [0.15, 0.2) is 11.5 Å². The number of likely N-dealkylation sites (N-methyl/N-ethyl adjacent to an activating group) is 1. The van der Waals surface area contributed by atoms with E-state index in [-0.39, 0.29) is 24.1 Å². The predicted octanol–water partition coefficient (Wildman–Crippen LogP) is -1.60. The van der Waals surface area contributed by atoms with E-state index >= 15 is 0 Å². The minimum atomic E-state index is -1.56. The number of rotatable bonds is 6. The molecule has 1 aromatic carbocycles. The minimum absolute atomic E-state index is 0.113. The van der Waals surface area contributed by atoms with Crippen LogP contribution in [0, 0.1) is 0 Å². The fraction of sp³-hybridized carbons (Fsp3) is 0.684. The molecular formula is C19H29NO9. The van der Waals surface area contributed by atoms with E-state index in [9.17, 15) is 25.5 Å². The van der Waals surface area contributed by atoms with E-state index < -0.39 is 37.3 Å². The topological polar surface area (TPSA) is 141 Å². The third-order valence-electron chi connectivity index (χ3n) is 5.62. The van der Waals surface area contributed by atoms with Gasteiger partial charge in [-0.1, -0.05) is 0 Å². The van der Waals surface area contributed by atoms with Crippen LogP contribution in [0.5, 0.6) is 17.2 Å². The SMILES string of the molecule is COc1cc2c(c(O[C@@H]3O[C@H](CO)[C@@H](O)[C@H](O)[C@H]3O)c1OC)CCN(C)C2CO. The van der Waals surface area contributed by atoms with Gasteiger partial charge in [-0.25, -0.2) is 0 Å². The van der Waals surface area contributed by atoms with Crippen molar-refractivity contribution in [2.24, 2.45) is 0 Å². The number of aliphatic hydroxyl groups excluding tert-OH is 5. The lowest BCUT2D eigenvalue weighted by Crippen LogP contribution is -2.60. The van der Waals surface area contributed by atoms with Crippen molar-refractivity contribution in [3.8, 4) is 17.2 Å². The molecule has 0 spiro atoms. The molecule has 1 unspecified atom stereocenters. The lowest BCUT2D eigenvalue weighted by atomic mass is 9.91. The van der Waals surface area contributed by atoms with Gasteiger partial charge in [0.05, 0.1) is 33.5 Å². The highest BCUT2D eigenvalue weighted by atomic mass is 16.7. The van der Waals surface area contributed by atoms with Crippen LogP contribution in [0.1, 0.15) is 17.2 Å². The third kappa shape index (κ3) is 3.89. The van der Waals surface area contributed by atoms with Crippen LogP contribution >= 0.6 is 0 Å². The predicted molar refractivity (Wildman–Crippen MR) is 100 cm³/mol. The Morgan fingerprint density at radius 2 is 1.76 bits per heavy atom. The molecule has 0 bridgehead atoms. The summed E-state index contributed by atoms with van der Waals surface area (Å²) in [7, 11) is 4.82. The average molecular weight is 415 g/mol. The van der Waals surface area contributed by atoms with E-state index in [0.29, 0.717) is 18.7 Å². The molecule has 10 heteroatoms. The second kappa shape index (κ2) is 9.00. The van der Waals surface area contributed by atoms with Crippen molar-refractivity contribution in [1.82, 2.24) is 4.90 Å². The van der Waals surface area contributed by atoms with Crippen molar-refractivity contribution in [2.45, 2.75) is 43.2 Å². The second-order valence-corrected chi connectivity index (χ2v) is 7.25. The molecule has 29 heavy (non-hydrogen) atoms. The van der Waals surface area contributed by atoms with Gasteiger partial charge in [0.2, 0.25) is 12.0 Å². The first kappa shape index (κ1) is 22.0. The van der Waals surface area contributed by atoms with Crippen molar-refractivity contribution >= 4 is 0 Å². The van der Waals surface area contributed by atoms with Crippen LogP contribution in [-0.4, -0.2) is 102 Å². The van der Waals surface area contributed by atoms with E-state index in [2.05, 4.69) is 0 Å². The van der Waals surface area contributed by atoms with E-state index in [4.69, 9.17) is 18.9 Å². The molecule has 0 radical (unpaired) electrons. The van der Waals surface area contributed by atoms with Crippen molar-refractivity contribution < 1.29 is 44.5 Å². The van der Waals surface area contributed by atoms with Crippen LogP contribution in [0.15, 0.2) is 6.07 Å². The van der Waals surface area contributed by atoms with Crippen molar-refractivity contribution in [2.75, 3.05) is 41.0 Å². The fourth-order valence-corrected chi connectivity index (χ4v) is 3.90. The Balaban J connectivity index is 2.05. The quantitative estimate of drug-likeness (QED) is 0.369. The largest absolute Gasteiger partial charge is 0.493 e. The van der Waals surface area contributed by atoms with Gasteiger partial charge in [0.25, 0.3) is 0 Å². The second-order valence-electron chi connectivity index (χ2n) is 7.25. The summed E-state index contributed by atoms with van der Waals surface area (Å²) >= 11 is 0. The fourth-order valence-electron chi connectivity index (χ4n) is 3.90. The van der Waals surface area contributed by atoms with E-state index in [0.717, 1.165) is 11.1 Å². The maximum atomic E-state index is 10.4. The minimum Gasteiger partial charge on any atom is -0.493 e. The molecular weight excluding hydrogens is 386 g/mol. The van der Waals surface area contributed by atoms with Gasteiger partial charge in [-0.15, -0.1) is 0 Å². The molecule has 1 aromatic rings. The summed E-state index contributed by atoms with van der Waals surface area (Å²) in [5.74, 6) is 0.918. The van der Waals surface area contributed by atoms with Gasteiger partial charge in [0, 0.05) is 12.1 Å². The highest BCUT2D eigenvalue weighted by molar-refractivity contribution is 5.60. The number of methoxy groups -OCH3 is 2. The zero-order chi connectivity index (χ0) is 21.3. The number of nitrogens with zero attached hydrogens (tertiary/aromatic N) is 1. The molecule has 1 saturated heterocycles. The summed E-state index contributed by atoms with van der Waals surface area (Å²) in [5.41, 5.74) is 1.55.